The molecule has 2 atom stereocenters. The Hall–Kier alpha value is -5.15. The van der Waals surface area contributed by atoms with Gasteiger partial charge in [-0.15, -0.1) is 0 Å². The first-order valence-corrected chi connectivity index (χ1v) is 36.4. The van der Waals surface area contributed by atoms with Gasteiger partial charge in [-0.05, 0) is 141 Å². The minimum Gasteiger partial charge on any atom is -0.462 e. The van der Waals surface area contributed by atoms with Crippen molar-refractivity contribution in [3.8, 4) is 0 Å². The lowest BCUT2D eigenvalue weighted by molar-refractivity contribution is -0.161. The van der Waals surface area contributed by atoms with Crippen LogP contribution in [0.4, 0.5) is 0 Å². The standard InChI is InChI=1S/C79H126NO8P/c1-3-5-7-9-11-13-15-17-19-21-23-25-27-29-31-33-35-37-38-40-42-44-46-48-50-52-54-56-58-60-62-64-66-68-70-72-79(82)88-77(76-87-89(83,84)86-74-73-80)75-85-78(81)71-69-67-65-63-61-59-57-55-53-51-49-47-45-43-41-39-36-34-32-30-28-26-24-22-20-18-16-14-12-10-8-6-4-2/h5-8,11-14,17-20,23-26,29-32,35-37,39-40,42-43,45-46,48-49,51,77H,3-4,9-10,15-16,21-22,27-28,33-34,38,41,44,47,50,52-76,80H2,1-2H3,(H,83,84)/b7-5-,8-6-,13-11-,14-12-,19-17-,20-18-,25-23-,26-24-,31-29-,32-30-,37-35-,39-36-,42-40-,45-43-,48-46-,51-49-. The zero-order chi connectivity index (χ0) is 64.4. The van der Waals surface area contributed by atoms with Crippen LogP contribution in [0.3, 0.4) is 0 Å². The number of carbonyl (C=O) groups is 2. The van der Waals surface area contributed by atoms with Crippen molar-refractivity contribution in [1.82, 2.24) is 0 Å². The fourth-order valence-corrected chi connectivity index (χ4v) is 9.67. The molecule has 0 radical (unpaired) electrons. The number of nitrogens with two attached hydrogens (primary N) is 1. The predicted octanol–water partition coefficient (Wildman–Crippen LogP) is 23.3. The van der Waals surface area contributed by atoms with Crippen LogP contribution in [-0.2, 0) is 32.7 Å². The fourth-order valence-electron chi connectivity index (χ4n) is 8.90. The minimum absolute atomic E-state index is 0.0415. The average molecular weight is 1250 g/mol. The number of hydrogen-bond donors (Lipinski definition) is 2. The van der Waals surface area contributed by atoms with Gasteiger partial charge in [0.1, 0.15) is 6.61 Å². The molecule has 0 heterocycles. The number of hydrogen-bond acceptors (Lipinski definition) is 8. The maximum Gasteiger partial charge on any atom is 0.472 e. The van der Waals surface area contributed by atoms with Gasteiger partial charge in [0.15, 0.2) is 6.10 Å². The van der Waals surface area contributed by atoms with Crippen LogP contribution in [0.5, 0.6) is 0 Å². The number of ether oxygens (including phenoxy) is 2. The molecule has 0 saturated heterocycles. The van der Waals surface area contributed by atoms with E-state index in [4.69, 9.17) is 24.3 Å². The molecule has 89 heavy (non-hydrogen) atoms. The SMILES string of the molecule is CC/C=C\C/C=C\C/C=C\C/C=C\C/C=C\C/C=C\C/C=C\C/C=C\CCCCCCCCCCCCC(=O)OC(COC(=O)CCCCCCCCCC/C=C\C/C=C\C/C=C\C/C=C\C/C=C\C/C=C\C/C=C\C/C=C\CC)COP(=O)(O)OCCN. The number of allylic oxidation sites excluding steroid dienone is 32. The third-order valence-corrected chi connectivity index (χ3v) is 15.0. The Bertz CT molecular complexity index is 2160. The summed E-state index contributed by atoms with van der Waals surface area (Å²) in [4.78, 5) is 35.4. The molecule has 0 aromatic rings. The first kappa shape index (κ1) is 83.8. The summed E-state index contributed by atoms with van der Waals surface area (Å²) in [5.41, 5.74) is 5.40. The summed E-state index contributed by atoms with van der Waals surface area (Å²) >= 11 is 0. The Kier molecular flexibility index (Phi) is 67.8. The lowest BCUT2D eigenvalue weighted by atomic mass is 10.0. The van der Waals surface area contributed by atoms with E-state index in [2.05, 4.69) is 208 Å². The van der Waals surface area contributed by atoms with Gasteiger partial charge < -0.3 is 20.1 Å². The lowest BCUT2D eigenvalue weighted by Gasteiger charge is -2.19. The molecule has 0 saturated carbocycles. The van der Waals surface area contributed by atoms with Crippen LogP contribution in [0.15, 0.2) is 194 Å². The van der Waals surface area contributed by atoms with E-state index in [9.17, 15) is 19.0 Å². The molecule has 0 rings (SSSR count). The van der Waals surface area contributed by atoms with E-state index in [0.29, 0.717) is 12.8 Å². The van der Waals surface area contributed by atoms with Crippen LogP contribution in [0.1, 0.15) is 258 Å². The molecule has 0 aliphatic heterocycles. The van der Waals surface area contributed by atoms with Gasteiger partial charge in [-0.2, -0.15) is 0 Å². The van der Waals surface area contributed by atoms with Crippen LogP contribution in [-0.4, -0.2) is 49.3 Å². The third-order valence-electron chi connectivity index (χ3n) is 14.0. The average Bonchev–Trinajstić information content (AvgIpc) is 3.66. The van der Waals surface area contributed by atoms with Gasteiger partial charge in [-0.1, -0.05) is 298 Å². The molecule has 0 bridgehead atoms. The van der Waals surface area contributed by atoms with E-state index in [0.717, 1.165) is 154 Å². The number of phosphoric acid groups is 1. The summed E-state index contributed by atoms with van der Waals surface area (Å²) in [6, 6.07) is 0. The molecular weight excluding hydrogens is 1120 g/mol. The van der Waals surface area contributed by atoms with Gasteiger partial charge in [0, 0.05) is 19.4 Å². The van der Waals surface area contributed by atoms with Crippen molar-refractivity contribution >= 4 is 19.8 Å². The molecule has 0 aliphatic carbocycles. The van der Waals surface area contributed by atoms with Crippen molar-refractivity contribution in [2.75, 3.05) is 26.4 Å². The number of phosphoric ester groups is 1. The molecule has 3 N–H and O–H groups in total. The number of esters is 2. The quantitative estimate of drug-likeness (QED) is 0.0264. The highest BCUT2D eigenvalue weighted by atomic mass is 31.2. The second-order valence-corrected chi connectivity index (χ2v) is 23.7. The van der Waals surface area contributed by atoms with Gasteiger partial charge in [-0.25, -0.2) is 4.57 Å². The van der Waals surface area contributed by atoms with E-state index in [1.54, 1.807) is 0 Å². The molecule has 0 spiro atoms. The van der Waals surface area contributed by atoms with Gasteiger partial charge in [0.05, 0.1) is 13.2 Å². The zero-order valence-corrected chi connectivity index (χ0v) is 57.0. The zero-order valence-electron chi connectivity index (χ0n) is 56.1. The van der Waals surface area contributed by atoms with Gasteiger partial charge in [0.2, 0.25) is 0 Å². The molecule has 0 aliphatic rings. The largest absolute Gasteiger partial charge is 0.472 e. The van der Waals surface area contributed by atoms with Crippen molar-refractivity contribution in [3.05, 3.63) is 194 Å². The molecule has 0 aromatic heterocycles. The summed E-state index contributed by atoms with van der Waals surface area (Å²) < 4.78 is 33.2. The van der Waals surface area contributed by atoms with Crippen molar-refractivity contribution < 1.29 is 37.6 Å². The number of carbonyl (C=O) groups excluding carboxylic acids is 2. The van der Waals surface area contributed by atoms with Crippen LogP contribution in [0, 0.1) is 0 Å². The Labute approximate surface area is 545 Å². The Morgan fingerprint density at radius 2 is 0.584 bits per heavy atom. The smallest absolute Gasteiger partial charge is 0.462 e. The van der Waals surface area contributed by atoms with E-state index in [1.165, 1.54) is 64.2 Å². The van der Waals surface area contributed by atoms with Gasteiger partial charge in [0.25, 0.3) is 0 Å². The summed E-state index contributed by atoms with van der Waals surface area (Å²) in [7, 11) is -4.41. The molecule has 9 nitrogen and oxygen atoms in total. The lowest BCUT2D eigenvalue weighted by Crippen LogP contribution is -2.29. The van der Waals surface area contributed by atoms with Crippen molar-refractivity contribution in [2.24, 2.45) is 5.73 Å². The highest BCUT2D eigenvalue weighted by Gasteiger charge is 2.26. The first-order valence-electron chi connectivity index (χ1n) is 34.9. The van der Waals surface area contributed by atoms with Crippen LogP contribution in [0.2, 0.25) is 0 Å². The van der Waals surface area contributed by atoms with Crippen LogP contribution in [0.25, 0.3) is 0 Å². The molecule has 0 aromatic carbocycles. The second-order valence-electron chi connectivity index (χ2n) is 22.3. The maximum atomic E-state index is 12.8. The fraction of sp³-hybridized carbons (Fsp3) is 0.570. The monoisotopic (exact) mass is 1250 g/mol. The van der Waals surface area contributed by atoms with Crippen molar-refractivity contribution in [3.63, 3.8) is 0 Å². The highest BCUT2D eigenvalue weighted by molar-refractivity contribution is 7.47. The summed E-state index contributed by atoms with van der Waals surface area (Å²) in [5.74, 6) is -0.854. The van der Waals surface area contributed by atoms with E-state index < -0.39 is 32.5 Å². The Balaban J connectivity index is 4.01. The summed E-state index contributed by atoms with van der Waals surface area (Å²) in [6.45, 7) is 3.49. The molecule has 0 fully saturated rings. The number of unbranched alkanes of at least 4 members (excludes halogenated alkanes) is 18. The molecule has 10 heteroatoms. The van der Waals surface area contributed by atoms with E-state index in [-0.39, 0.29) is 32.6 Å². The summed E-state index contributed by atoms with van der Waals surface area (Å²) in [6.07, 6.45) is 109. The second kappa shape index (κ2) is 71.9. The Morgan fingerprint density at radius 3 is 0.865 bits per heavy atom. The molecule has 2 unspecified atom stereocenters. The molecule has 500 valence electrons. The Morgan fingerprint density at radius 1 is 0.337 bits per heavy atom. The van der Waals surface area contributed by atoms with Crippen molar-refractivity contribution in [2.45, 2.75) is 264 Å². The first-order chi connectivity index (χ1) is 43.8. The van der Waals surface area contributed by atoms with Gasteiger partial charge in [-0.3, -0.25) is 18.6 Å². The molecule has 0 amide bonds. The summed E-state index contributed by atoms with van der Waals surface area (Å²) in [5, 5.41) is 0. The normalized spacial score (nSPS) is 14.2. The minimum atomic E-state index is -4.41. The topological polar surface area (TPSA) is 134 Å². The molecular formula is C79H126NO8P. The highest BCUT2D eigenvalue weighted by Crippen LogP contribution is 2.43. The maximum absolute atomic E-state index is 12.8. The predicted molar refractivity (Wildman–Crippen MR) is 385 cm³/mol. The van der Waals surface area contributed by atoms with Crippen molar-refractivity contribution in [1.29, 1.82) is 0 Å². The van der Waals surface area contributed by atoms with Crippen LogP contribution >= 0.6 is 7.82 Å². The van der Waals surface area contributed by atoms with E-state index in [1.807, 2.05) is 0 Å². The van der Waals surface area contributed by atoms with Crippen LogP contribution < -0.4 is 5.73 Å². The number of rotatable bonds is 63. The third kappa shape index (κ3) is 71.8. The van der Waals surface area contributed by atoms with Gasteiger partial charge >= 0.3 is 19.8 Å². The van der Waals surface area contributed by atoms with E-state index >= 15 is 0 Å².